The molecule has 29 heavy (non-hydrogen) atoms. The zero-order chi connectivity index (χ0) is 20.4. The third kappa shape index (κ3) is 4.74. The van der Waals surface area contributed by atoms with Gasteiger partial charge in [-0.2, -0.15) is 0 Å². The molecule has 0 unspecified atom stereocenters. The number of carbonyl (C=O) groups is 1. The van der Waals surface area contributed by atoms with Crippen molar-refractivity contribution >= 4 is 27.1 Å². The number of amides is 1. The van der Waals surface area contributed by atoms with E-state index in [-0.39, 0.29) is 29.9 Å². The van der Waals surface area contributed by atoms with Gasteiger partial charge in [-0.1, -0.05) is 60.2 Å². The quantitative estimate of drug-likeness (QED) is 0.676. The van der Waals surface area contributed by atoms with Gasteiger partial charge in [0.1, 0.15) is 5.01 Å². The number of carbonyl (C=O) groups excluding carboxylic acids is 1. The number of hydrogen-bond acceptors (Lipinski definition) is 5. The molecule has 1 aliphatic heterocycles. The molecule has 4 rings (SSSR count). The van der Waals surface area contributed by atoms with E-state index in [1.807, 2.05) is 61.5 Å². The summed E-state index contributed by atoms with van der Waals surface area (Å²) in [7, 11) is -3.03. The van der Waals surface area contributed by atoms with Gasteiger partial charge in [-0.25, -0.2) is 13.4 Å². The Morgan fingerprint density at radius 2 is 1.83 bits per heavy atom. The highest BCUT2D eigenvalue weighted by molar-refractivity contribution is 7.91. The second-order valence-corrected chi connectivity index (χ2v) is 10.6. The second kappa shape index (κ2) is 8.08. The predicted octanol–water partition coefficient (Wildman–Crippen LogP) is 3.63. The second-order valence-electron chi connectivity index (χ2n) is 7.37. The average Bonchev–Trinajstić information content (AvgIpc) is 3.26. The van der Waals surface area contributed by atoms with E-state index in [4.69, 9.17) is 4.98 Å². The standard InChI is InChI=1S/C22H22N2O3S2/c1-15-7-9-16(10-8-15)21-19(24-22(28-21)17-5-3-2-4-6-17)13-20(25)23-18-11-12-29(26,27)14-18/h2-10,18H,11-14H2,1H3,(H,23,25)/t18-/m0/s1. The largest absolute Gasteiger partial charge is 0.352 e. The molecule has 1 saturated heterocycles. The number of aryl methyl sites for hydroxylation is 1. The molecule has 150 valence electrons. The van der Waals surface area contributed by atoms with Crippen LogP contribution >= 0.6 is 11.3 Å². The smallest absolute Gasteiger partial charge is 0.226 e. The Bertz CT molecular complexity index is 1120. The fraction of sp³-hybridized carbons (Fsp3) is 0.273. The van der Waals surface area contributed by atoms with Gasteiger partial charge in [-0.15, -0.1) is 11.3 Å². The van der Waals surface area contributed by atoms with E-state index in [1.165, 1.54) is 5.56 Å². The van der Waals surface area contributed by atoms with E-state index < -0.39 is 9.84 Å². The van der Waals surface area contributed by atoms with Gasteiger partial charge in [0.25, 0.3) is 0 Å². The van der Waals surface area contributed by atoms with E-state index in [0.717, 1.165) is 26.7 Å². The maximum absolute atomic E-state index is 12.6. The summed E-state index contributed by atoms with van der Waals surface area (Å²) in [5, 5.41) is 3.73. The molecule has 0 spiro atoms. The van der Waals surface area contributed by atoms with Gasteiger partial charge in [0.05, 0.1) is 28.5 Å². The van der Waals surface area contributed by atoms with Crippen molar-refractivity contribution in [2.45, 2.75) is 25.8 Å². The fourth-order valence-corrected chi connectivity index (χ4v) is 6.21. The van der Waals surface area contributed by atoms with E-state index in [1.54, 1.807) is 11.3 Å². The minimum absolute atomic E-state index is 0.0237. The number of thiazole rings is 1. The fourth-order valence-electron chi connectivity index (χ4n) is 3.45. The number of nitrogens with one attached hydrogen (secondary N) is 1. The Labute approximate surface area is 174 Å². The number of benzene rings is 2. The third-order valence-corrected chi connectivity index (χ3v) is 7.92. The number of rotatable bonds is 5. The van der Waals surface area contributed by atoms with Crippen molar-refractivity contribution in [3.8, 4) is 21.0 Å². The van der Waals surface area contributed by atoms with E-state index in [9.17, 15) is 13.2 Å². The van der Waals surface area contributed by atoms with Crippen molar-refractivity contribution in [2.24, 2.45) is 0 Å². The lowest BCUT2D eigenvalue weighted by Gasteiger charge is -2.10. The Balaban J connectivity index is 1.61. The molecule has 1 aliphatic rings. The number of aromatic nitrogens is 1. The molecule has 1 aromatic heterocycles. The van der Waals surface area contributed by atoms with Crippen molar-refractivity contribution in [3.63, 3.8) is 0 Å². The maximum atomic E-state index is 12.6. The molecule has 1 N–H and O–H groups in total. The van der Waals surface area contributed by atoms with Gasteiger partial charge in [-0.3, -0.25) is 4.79 Å². The predicted molar refractivity (Wildman–Crippen MR) is 117 cm³/mol. The lowest BCUT2D eigenvalue weighted by atomic mass is 10.1. The Morgan fingerprint density at radius 3 is 2.48 bits per heavy atom. The van der Waals surface area contributed by atoms with Gasteiger partial charge in [-0.05, 0) is 18.9 Å². The zero-order valence-electron chi connectivity index (χ0n) is 16.1. The lowest BCUT2D eigenvalue weighted by Crippen LogP contribution is -2.36. The van der Waals surface area contributed by atoms with Crippen LogP contribution in [0.2, 0.25) is 0 Å². The van der Waals surface area contributed by atoms with Gasteiger partial charge in [0.2, 0.25) is 5.91 Å². The number of nitrogens with zero attached hydrogens (tertiary/aromatic N) is 1. The zero-order valence-corrected chi connectivity index (χ0v) is 17.7. The lowest BCUT2D eigenvalue weighted by molar-refractivity contribution is -0.121. The molecular weight excluding hydrogens is 404 g/mol. The van der Waals surface area contributed by atoms with Crippen molar-refractivity contribution < 1.29 is 13.2 Å². The molecule has 7 heteroatoms. The van der Waals surface area contributed by atoms with Crippen molar-refractivity contribution in [2.75, 3.05) is 11.5 Å². The summed E-state index contributed by atoms with van der Waals surface area (Å²) in [4.78, 5) is 18.4. The summed E-state index contributed by atoms with van der Waals surface area (Å²) >= 11 is 1.57. The summed E-state index contributed by atoms with van der Waals surface area (Å²) in [6, 6.07) is 17.8. The van der Waals surface area contributed by atoms with Crippen molar-refractivity contribution in [1.82, 2.24) is 10.3 Å². The summed E-state index contributed by atoms with van der Waals surface area (Å²) in [5.74, 6) is -0.0255. The Hall–Kier alpha value is -2.51. The van der Waals surface area contributed by atoms with E-state index in [2.05, 4.69) is 5.32 Å². The van der Waals surface area contributed by atoms with E-state index >= 15 is 0 Å². The molecule has 0 radical (unpaired) electrons. The minimum Gasteiger partial charge on any atom is -0.352 e. The summed E-state index contributed by atoms with van der Waals surface area (Å²) in [6.45, 7) is 2.04. The third-order valence-electron chi connectivity index (χ3n) is 4.96. The molecule has 3 aromatic rings. The highest BCUT2D eigenvalue weighted by atomic mass is 32.2. The Kier molecular flexibility index (Phi) is 5.52. The van der Waals surface area contributed by atoms with Crippen molar-refractivity contribution in [3.05, 3.63) is 65.9 Å². The molecule has 1 amide bonds. The summed E-state index contributed by atoms with van der Waals surface area (Å²) in [5.41, 5.74) is 3.93. The van der Waals surface area contributed by atoms with Crippen LogP contribution in [0.5, 0.6) is 0 Å². The van der Waals surface area contributed by atoms with Crippen LogP contribution in [0.15, 0.2) is 54.6 Å². The molecule has 5 nitrogen and oxygen atoms in total. The van der Waals surface area contributed by atoms with Crippen LogP contribution in [0.4, 0.5) is 0 Å². The number of hydrogen-bond donors (Lipinski definition) is 1. The Morgan fingerprint density at radius 1 is 1.10 bits per heavy atom. The van der Waals surface area contributed by atoms with Crippen LogP contribution in [0, 0.1) is 6.92 Å². The molecule has 2 heterocycles. The molecule has 1 atom stereocenters. The van der Waals surface area contributed by atoms with Gasteiger partial charge in [0, 0.05) is 11.6 Å². The molecule has 0 aliphatic carbocycles. The highest BCUT2D eigenvalue weighted by Gasteiger charge is 2.29. The highest BCUT2D eigenvalue weighted by Crippen LogP contribution is 2.36. The van der Waals surface area contributed by atoms with Gasteiger partial charge < -0.3 is 5.32 Å². The average molecular weight is 427 g/mol. The SMILES string of the molecule is Cc1ccc(-c2sc(-c3ccccc3)nc2CC(=O)N[C@H]2CCS(=O)(=O)C2)cc1. The first kappa shape index (κ1) is 19.8. The monoisotopic (exact) mass is 426 g/mol. The molecule has 2 aromatic carbocycles. The molecular formula is C22H22N2O3S2. The van der Waals surface area contributed by atoms with Gasteiger partial charge >= 0.3 is 0 Å². The van der Waals surface area contributed by atoms with Crippen molar-refractivity contribution in [1.29, 1.82) is 0 Å². The van der Waals surface area contributed by atoms with Crippen LogP contribution in [0.1, 0.15) is 17.7 Å². The summed E-state index contributed by atoms with van der Waals surface area (Å²) < 4.78 is 23.3. The minimum atomic E-state index is -3.03. The van der Waals surface area contributed by atoms with Crippen LogP contribution < -0.4 is 5.32 Å². The first-order valence-corrected chi connectivity index (χ1v) is 12.2. The van der Waals surface area contributed by atoms with Crippen LogP contribution in [0.3, 0.4) is 0 Å². The van der Waals surface area contributed by atoms with Gasteiger partial charge in [0.15, 0.2) is 9.84 Å². The molecule has 0 bridgehead atoms. The molecule has 0 saturated carbocycles. The normalized spacial score (nSPS) is 17.9. The van der Waals surface area contributed by atoms with Crippen LogP contribution in [-0.2, 0) is 21.1 Å². The summed E-state index contributed by atoms with van der Waals surface area (Å²) in [6.07, 6.45) is 0.605. The molecule has 1 fully saturated rings. The first-order valence-electron chi connectivity index (χ1n) is 9.51. The maximum Gasteiger partial charge on any atom is 0.226 e. The van der Waals surface area contributed by atoms with E-state index in [0.29, 0.717) is 6.42 Å². The topological polar surface area (TPSA) is 76.1 Å². The van der Waals surface area contributed by atoms with Crippen LogP contribution in [-0.4, -0.2) is 36.9 Å². The first-order chi connectivity index (χ1) is 13.9. The number of sulfone groups is 1. The van der Waals surface area contributed by atoms with Crippen LogP contribution in [0.25, 0.3) is 21.0 Å².